The van der Waals surface area contributed by atoms with Gasteiger partial charge in [0.15, 0.2) is 0 Å². The number of carbonyl (C=O) groups is 2. The van der Waals surface area contributed by atoms with Crippen LogP contribution in [0.3, 0.4) is 0 Å². The third-order valence-electron chi connectivity index (χ3n) is 4.84. The minimum absolute atomic E-state index is 0.0880. The standard InChI is InChI=1S/C21H22N4O2/c1-13(2)21-24-16-9-5-6-10-18(16)25(21)12-20(27)23-17-11-19(26)22-15-8-4-3-7-14(15)17/h3-10,13,17H,11-12H2,1-2H3,(H,22,26)(H,23,27)/t17-/m0/s1. The Morgan fingerprint density at radius 3 is 2.78 bits per heavy atom. The summed E-state index contributed by atoms with van der Waals surface area (Å²) in [6, 6.07) is 15.1. The van der Waals surface area contributed by atoms with Gasteiger partial charge in [-0.3, -0.25) is 9.59 Å². The van der Waals surface area contributed by atoms with Crippen molar-refractivity contribution in [3.05, 3.63) is 59.9 Å². The fourth-order valence-corrected chi connectivity index (χ4v) is 3.62. The number of carbonyl (C=O) groups excluding carboxylic acids is 2. The zero-order valence-electron chi connectivity index (χ0n) is 15.4. The molecule has 1 aliphatic rings. The number of hydrogen-bond acceptors (Lipinski definition) is 3. The van der Waals surface area contributed by atoms with Gasteiger partial charge in [-0.25, -0.2) is 4.98 Å². The Morgan fingerprint density at radius 2 is 1.96 bits per heavy atom. The fourth-order valence-electron chi connectivity index (χ4n) is 3.62. The van der Waals surface area contributed by atoms with Crippen LogP contribution in [0.15, 0.2) is 48.5 Å². The molecule has 6 nitrogen and oxygen atoms in total. The molecule has 0 fully saturated rings. The summed E-state index contributed by atoms with van der Waals surface area (Å²) in [4.78, 5) is 29.5. The van der Waals surface area contributed by atoms with Crippen LogP contribution in [0.25, 0.3) is 11.0 Å². The maximum Gasteiger partial charge on any atom is 0.240 e. The predicted molar refractivity (Wildman–Crippen MR) is 104 cm³/mol. The molecule has 0 unspecified atom stereocenters. The number of imidazole rings is 1. The number of nitrogens with zero attached hydrogens (tertiary/aromatic N) is 2. The topological polar surface area (TPSA) is 76.0 Å². The smallest absolute Gasteiger partial charge is 0.240 e. The third kappa shape index (κ3) is 3.30. The van der Waals surface area contributed by atoms with Gasteiger partial charge in [-0.05, 0) is 23.8 Å². The molecule has 3 aromatic rings. The molecule has 6 heteroatoms. The first-order chi connectivity index (χ1) is 13.0. The van der Waals surface area contributed by atoms with Gasteiger partial charge in [-0.2, -0.15) is 0 Å². The average molecular weight is 362 g/mol. The largest absolute Gasteiger partial charge is 0.347 e. The van der Waals surface area contributed by atoms with Gasteiger partial charge in [0.1, 0.15) is 12.4 Å². The maximum absolute atomic E-state index is 12.8. The summed E-state index contributed by atoms with van der Waals surface area (Å²) in [6.45, 7) is 4.31. The molecule has 2 aromatic carbocycles. The van der Waals surface area contributed by atoms with Crippen molar-refractivity contribution in [2.24, 2.45) is 0 Å². The average Bonchev–Trinajstić information content (AvgIpc) is 3.00. The Hall–Kier alpha value is -3.15. The SMILES string of the molecule is CC(C)c1nc2ccccc2n1CC(=O)N[C@H]1CC(=O)Nc2ccccc21. The first kappa shape index (κ1) is 17.3. The number of rotatable bonds is 4. The van der Waals surface area contributed by atoms with Gasteiger partial charge in [-0.15, -0.1) is 0 Å². The van der Waals surface area contributed by atoms with Crippen molar-refractivity contribution in [1.29, 1.82) is 0 Å². The lowest BCUT2D eigenvalue weighted by Gasteiger charge is -2.26. The Balaban J connectivity index is 1.60. The number of aromatic nitrogens is 2. The number of para-hydroxylation sites is 3. The van der Waals surface area contributed by atoms with Gasteiger partial charge in [0.25, 0.3) is 0 Å². The Morgan fingerprint density at radius 1 is 1.22 bits per heavy atom. The number of anilines is 1. The van der Waals surface area contributed by atoms with Crippen LogP contribution in [-0.2, 0) is 16.1 Å². The lowest BCUT2D eigenvalue weighted by molar-refractivity contribution is -0.123. The van der Waals surface area contributed by atoms with E-state index in [1.165, 1.54) is 0 Å². The molecule has 0 bridgehead atoms. The maximum atomic E-state index is 12.8. The first-order valence-corrected chi connectivity index (χ1v) is 9.16. The molecule has 1 aromatic heterocycles. The molecule has 0 aliphatic carbocycles. The second-order valence-electron chi connectivity index (χ2n) is 7.16. The minimum atomic E-state index is -0.320. The number of benzene rings is 2. The number of fused-ring (bicyclic) bond motifs is 2. The molecule has 2 heterocycles. The lowest BCUT2D eigenvalue weighted by atomic mass is 9.97. The van der Waals surface area contributed by atoms with E-state index in [1.807, 2.05) is 53.1 Å². The molecule has 1 atom stereocenters. The molecule has 27 heavy (non-hydrogen) atoms. The van der Waals surface area contributed by atoms with E-state index in [2.05, 4.69) is 29.5 Å². The predicted octanol–water partition coefficient (Wildman–Crippen LogP) is 3.36. The van der Waals surface area contributed by atoms with Crippen LogP contribution in [0.5, 0.6) is 0 Å². The van der Waals surface area contributed by atoms with E-state index in [-0.39, 0.29) is 36.7 Å². The van der Waals surface area contributed by atoms with Crippen LogP contribution in [-0.4, -0.2) is 21.4 Å². The zero-order valence-corrected chi connectivity index (χ0v) is 15.4. The number of amides is 2. The van der Waals surface area contributed by atoms with E-state index in [9.17, 15) is 9.59 Å². The molecule has 0 saturated carbocycles. The lowest BCUT2D eigenvalue weighted by Crippen LogP contribution is -2.37. The van der Waals surface area contributed by atoms with Crippen LogP contribution in [0, 0.1) is 0 Å². The van der Waals surface area contributed by atoms with Gasteiger partial charge in [0, 0.05) is 11.6 Å². The van der Waals surface area contributed by atoms with Crippen molar-refractivity contribution in [2.45, 2.75) is 38.8 Å². The monoisotopic (exact) mass is 362 g/mol. The van der Waals surface area contributed by atoms with Crippen molar-refractivity contribution in [3.8, 4) is 0 Å². The molecular formula is C21H22N4O2. The van der Waals surface area contributed by atoms with E-state index < -0.39 is 0 Å². The quantitative estimate of drug-likeness (QED) is 0.747. The fraction of sp³-hybridized carbons (Fsp3) is 0.286. The van der Waals surface area contributed by atoms with Crippen molar-refractivity contribution < 1.29 is 9.59 Å². The minimum Gasteiger partial charge on any atom is -0.347 e. The highest BCUT2D eigenvalue weighted by Gasteiger charge is 2.26. The molecule has 1 aliphatic heterocycles. The second-order valence-corrected chi connectivity index (χ2v) is 7.16. The van der Waals surface area contributed by atoms with E-state index in [0.717, 1.165) is 28.1 Å². The van der Waals surface area contributed by atoms with Crippen LogP contribution in [0.2, 0.25) is 0 Å². The van der Waals surface area contributed by atoms with E-state index >= 15 is 0 Å². The molecule has 2 N–H and O–H groups in total. The Labute approximate surface area is 157 Å². The van der Waals surface area contributed by atoms with Gasteiger partial charge in [0.05, 0.1) is 23.5 Å². The summed E-state index contributed by atoms with van der Waals surface area (Å²) in [6.07, 6.45) is 0.241. The van der Waals surface area contributed by atoms with Gasteiger partial charge < -0.3 is 15.2 Å². The number of hydrogen-bond donors (Lipinski definition) is 2. The van der Waals surface area contributed by atoms with Crippen LogP contribution in [0.4, 0.5) is 5.69 Å². The van der Waals surface area contributed by atoms with Crippen molar-refractivity contribution in [1.82, 2.24) is 14.9 Å². The Bertz CT molecular complexity index is 1020. The molecular weight excluding hydrogens is 340 g/mol. The summed E-state index contributed by atoms with van der Waals surface area (Å²) < 4.78 is 1.96. The molecule has 0 radical (unpaired) electrons. The molecule has 2 amide bonds. The highest BCUT2D eigenvalue weighted by atomic mass is 16.2. The second kappa shape index (κ2) is 6.87. The van der Waals surface area contributed by atoms with Crippen molar-refractivity contribution in [2.75, 3.05) is 5.32 Å². The summed E-state index contributed by atoms with van der Waals surface area (Å²) >= 11 is 0. The summed E-state index contributed by atoms with van der Waals surface area (Å²) in [5, 5.41) is 5.88. The molecule has 138 valence electrons. The third-order valence-corrected chi connectivity index (χ3v) is 4.84. The van der Waals surface area contributed by atoms with Crippen LogP contribution < -0.4 is 10.6 Å². The van der Waals surface area contributed by atoms with E-state index in [0.29, 0.717) is 0 Å². The first-order valence-electron chi connectivity index (χ1n) is 9.16. The van der Waals surface area contributed by atoms with Crippen molar-refractivity contribution >= 4 is 28.5 Å². The highest BCUT2D eigenvalue weighted by molar-refractivity contribution is 5.95. The number of nitrogens with one attached hydrogen (secondary N) is 2. The zero-order chi connectivity index (χ0) is 19.0. The summed E-state index contributed by atoms with van der Waals surface area (Å²) in [7, 11) is 0. The van der Waals surface area contributed by atoms with Gasteiger partial charge in [-0.1, -0.05) is 44.2 Å². The van der Waals surface area contributed by atoms with Gasteiger partial charge >= 0.3 is 0 Å². The molecule has 0 spiro atoms. The van der Waals surface area contributed by atoms with Gasteiger partial charge in [0.2, 0.25) is 11.8 Å². The van der Waals surface area contributed by atoms with Crippen LogP contribution >= 0.6 is 0 Å². The van der Waals surface area contributed by atoms with E-state index in [4.69, 9.17) is 0 Å². The van der Waals surface area contributed by atoms with Crippen molar-refractivity contribution in [3.63, 3.8) is 0 Å². The Kier molecular flexibility index (Phi) is 4.39. The van der Waals surface area contributed by atoms with E-state index in [1.54, 1.807) is 0 Å². The van der Waals surface area contributed by atoms with Crippen LogP contribution in [0.1, 0.15) is 43.6 Å². The molecule has 0 saturated heterocycles. The summed E-state index contributed by atoms with van der Waals surface area (Å²) in [5.74, 6) is 0.865. The molecule has 4 rings (SSSR count). The normalized spacial score (nSPS) is 16.3. The summed E-state index contributed by atoms with van der Waals surface area (Å²) in [5.41, 5.74) is 3.52. The highest BCUT2D eigenvalue weighted by Crippen LogP contribution is 2.30.